The lowest BCUT2D eigenvalue weighted by Crippen LogP contribution is -2.04. The minimum atomic E-state index is -0.283. The smallest absolute Gasteiger partial charge is 0.317 e. The molecule has 0 amide bonds. The average Bonchev–Trinajstić information content (AvgIpc) is 2.65. The molecule has 1 rings (SSSR count). The summed E-state index contributed by atoms with van der Waals surface area (Å²) in [5.74, 6) is 5.94. The third-order valence-corrected chi connectivity index (χ3v) is 1.96. The van der Waals surface area contributed by atoms with E-state index < -0.39 is 0 Å². The van der Waals surface area contributed by atoms with Gasteiger partial charge in [-0.1, -0.05) is 25.7 Å². The largest absolute Gasteiger partial charge is 0.465 e. The topological polar surface area (TPSA) is 44.1 Å². The molecule has 1 aromatic heterocycles. The Bertz CT molecular complexity index is 424. The van der Waals surface area contributed by atoms with Crippen molar-refractivity contribution in [2.75, 3.05) is 6.61 Å². The van der Waals surface area contributed by atoms with E-state index in [9.17, 15) is 4.79 Å². The molecule has 0 radical (unpaired) electrons. The SMILES string of the molecule is CCOC(=O)CC#Cc1cnn(CC(C)C)c1. The molecule has 92 valence electrons. The minimum absolute atomic E-state index is 0.128. The van der Waals surface area contributed by atoms with Crippen LogP contribution < -0.4 is 0 Å². The molecule has 0 N–H and O–H groups in total. The highest BCUT2D eigenvalue weighted by Gasteiger charge is 1.99. The van der Waals surface area contributed by atoms with Crippen molar-refractivity contribution in [3.8, 4) is 11.8 Å². The van der Waals surface area contributed by atoms with E-state index in [4.69, 9.17) is 4.74 Å². The molecule has 0 saturated heterocycles. The molecule has 17 heavy (non-hydrogen) atoms. The summed E-state index contributed by atoms with van der Waals surface area (Å²) in [6.45, 7) is 7.31. The predicted molar refractivity (Wildman–Crippen MR) is 65.2 cm³/mol. The predicted octanol–water partition coefficient (Wildman–Crippen LogP) is 1.84. The van der Waals surface area contributed by atoms with Gasteiger partial charge in [-0.05, 0) is 12.8 Å². The molecular formula is C13H18N2O2. The maximum absolute atomic E-state index is 11.0. The van der Waals surface area contributed by atoms with Gasteiger partial charge < -0.3 is 4.74 Å². The summed E-state index contributed by atoms with van der Waals surface area (Å²) in [5.41, 5.74) is 0.829. The summed E-state index contributed by atoms with van der Waals surface area (Å²) in [7, 11) is 0. The highest BCUT2D eigenvalue weighted by atomic mass is 16.5. The Hall–Kier alpha value is -1.76. The van der Waals surface area contributed by atoms with Crippen LogP contribution in [0.4, 0.5) is 0 Å². The van der Waals surface area contributed by atoms with Gasteiger partial charge in [-0.25, -0.2) is 0 Å². The third-order valence-electron chi connectivity index (χ3n) is 1.96. The molecular weight excluding hydrogens is 216 g/mol. The van der Waals surface area contributed by atoms with Crippen LogP contribution in [0.3, 0.4) is 0 Å². The standard InChI is InChI=1S/C13H18N2O2/c1-4-17-13(16)7-5-6-12-8-14-15(10-12)9-11(2)3/h8,10-11H,4,7,9H2,1-3H3. The Kier molecular flexibility index (Phi) is 5.28. The van der Waals surface area contributed by atoms with Gasteiger partial charge in [0.2, 0.25) is 0 Å². The fourth-order valence-corrected chi connectivity index (χ4v) is 1.33. The first-order chi connectivity index (χ1) is 8.11. The van der Waals surface area contributed by atoms with Gasteiger partial charge in [-0.2, -0.15) is 5.10 Å². The first-order valence-electron chi connectivity index (χ1n) is 5.78. The van der Waals surface area contributed by atoms with Gasteiger partial charge in [0.1, 0.15) is 6.42 Å². The van der Waals surface area contributed by atoms with Gasteiger partial charge in [0, 0.05) is 12.7 Å². The molecule has 0 fully saturated rings. The van der Waals surface area contributed by atoms with Crippen molar-refractivity contribution in [2.24, 2.45) is 5.92 Å². The quantitative estimate of drug-likeness (QED) is 0.590. The molecule has 0 saturated carbocycles. The molecule has 0 aliphatic rings. The van der Waals surface area contributed by atoms with Crippen LogP contribution in [0.5, 0.6) is 0 Å². The highest BCUT2D eigenvalue weighted by molar-refractivity contribution is 5.72. The molecule has 0 aliphatic carbocycles. The number of carbonyl (C=O) groups excluding carboxylic acids is 1. The van der Waals surface area contributed by atoms with Crippen molar-refractivity contribution >= 4 is 5.97 Å². The second-order valence-corrected chi connectivity index (χ2v) is 4.13. The lowest BCUT2D eigenvalue weighted by atomic mass is 10.2. The molecule has 1 aromatic rings. The van der Waals surface area contributed by atoms with Gasteiger partial charge >= 0.3 is 5.97 Å². The van der Waals surface area contributed by atoms with E-state index in [1.807, 2.05) is 10.9 Å². The van der Waals surface area contributed by atoms with E-state index in [0.717, 1.165) is 12.1 Å². The van der Waals surface area contributed by atoms with Crippen LogP contribution in [0.2, 0.25) is 0 Å². The van der Waals surface area contributed by atoms with Crippen LogP contribution in [0, 0.1) is 17.8 Å². The Morgan fingerprint density at radius 3 is 3.00 bits per heavy atom. The molecule has 0 aliphatic heterocycles. The molecule has 1 heterocycles. The Labute approximate surface area is 102 Å². The third kappa shape index (κ3) is 5.21. The van der Waals surface area contributed by atoms with Crippen molar-refractivity contribution in [1.29, 1.82) is 0 Å². The normalized spacial score (nSPS) is 9.88. The molecule has 4 heteroatoms. The summed E-state index contributed by atoms with van der Waals surface area (Å²) in [6, 6.07) is 0. The number of hydrogen-bond donors (Lipinski definition) is 0. The van der Waals surface area contributed by atoms with Crippen LogP contribution in [-0.4, -0.2) is 22.4 Å². The van der Waals surface area contributed by atoms with Gasteiger partial charge in [-0.3, -0.25) is 9.48 Å². The van der Waals surface area contributed by atoms with Crippen molar-refractivity contribution < 1.29 is 9.53 Å². The van der Waals surface area contributed by atoms with Crippen LogP contribution >= 0.6 is 0 Å². The average molecular weight is 234 g/mol. The molecule has 0 spiro atoms. The van der Waals surface area contributed by atoms with E-state index in [2.05, 4.69) is 30.8 Å². The van der Waals surface area contributed by atoms with Crippen LogP contribution in [0.25, 0.3) is 0 Å². The molecule has 0 aromatic carbocycles. The van der Waals surface area contributed by atoms with Crippen LogP contribution in [0.1, 0.15) is 32.8 Å². The summed E-state index contributed by atoms with van der Waals surface area (Å²) < 4.78 is 6.64. The number of hydrogen-bond acceptors (Lipinski definition) is 3. The van der Waals surface area contributed by atoms with Gasteiger partial charge in [0.15, 0.2) is 0 Å². The lowest BCUT2D eigenvalue weighted by molar-refractivity contribution is -0.141. The first kappa shape index (κ1) is 13.3. The fraction of sp³-hybridized carbons (Fsp3) is 0.538. The van der Waals surface area contributed by atoms with Crippen molar-refractivity contribution in [3.05, 3.63) is 18.0 Å². The highest BCUT2D eigenvalue weighted by Crippen LogP contribution is 2.00. The molecule has 0 bridgehead atoms. The Morgan fingerprint density at radius 1 is 1.59 bits per heavy atom. The van der Waals surface area contributed by atoms with Crippen molar-refractivity contribution in [3.63, 3.8) is 0 Å². The molecule has 0 atom stereocenters. The maximum atomic E-state index is 11.0. The second-order valence-electron chi connectivity index (χ2n) is 4.13. The van der Waals surface area contributed by atoms with Crippen molar-refractivity contribution in [1.82, 2.24) is 9.78 Å². The van der Waals surface area contributed by atoms with Crippen LogP contribution in [-0.2, 0) is 16.1 Å². The summed E-state index contributed by atoms with van der Waals surface area (Å²) >= 11 is 0. The zero-order valence-corrected chi connectivity index (χ0v) is 10.6. The van der Waals surface area contributed by atoms with Gasteiger partial charge in [0.25, 0.3) is 0 Å². The number of rotatable bonds is 4. The van der Waals surface area contributed by atoms with E-state index in [1.54, 1.807) is 13.1 Å². The van der Waals surface area contributed by atoms with E-state index in [0.29, 0.717) is 12.5 Å². The summed E-state index contributed by atoms with van der Waals surface area (Å²) in [6.07, 6.45) is 3.72. The van der Waals surface area contributed by atoms with E-state index in [1.165, 1.54) is 0 Å². The number of nitrogens with zero attached hydrogens (tertiary/aromatic N) is 2. The first-order valence-corrected chi connectivity index (χ1v) is 5.78. The number of ether oxygens (including phenoxy) is 1. The monoisotopic (exact) mass is 234 g/mol. The molecule has 0 unspecified atom stereocenters. The Balaban J connectivity index is 2.49. The van der Waals surface area contributed by atoms with Crippen LogP contribution in [0.15, 0.2) is 12.4 Å². The van der Waals surface area contributed by atoms with E-state index >= 15 is 0 Å². The number of esters is 1. The lowest BCUT2D eigenvalue weighted by Gasteiger charge is -2.02. The zero-order valence-electron chi connectivity index (χ0n) is 10.6. The van der Waals surface area contributed by atoms with Gasteiger partial charge in [0.05, 0.1) is 18.4 Å². The number of aromatic nitrogens is 2. The maximum Gasteiger partial charge on any atom is 0.317 e. The minimum Gasteiger partial charge on any atom is -0.465 e. The number of carbonyl (C=O) groups is 1. The summed E-state index contributed by atoms with van der Waals surface area (Å²) in [5, 5.41) is 4.19. The zero-order chi connectivity index (χ0) is 12.7. The van der Waals surface area contributed by atoms with Gasteiger partial charge in [-0.15, -0.1) is 0 Å². The second kappa shape index (κ2) is 6.74. The van der Waals surface area contributed by atoms with Crippen molar-refractivity contribution in [2.45, 2.75) is 33.7 Å². The Morgan fingerprint density at radius 2 is 2.35 bits per heavy atom. The fourth-order valence-electron chi connectivity index (χ4n) is 1.33. The molecule has 4 nitrogen and oxygen atoms in total. The summed E-state index contributed by atoms with van der Waals surface area (Å²) in [4.78, 5) is 11.0. The van der Waals surface area contributed by atoms with E-state index in [-0.39, 0.29) is 12.4 Å².